The van der Waals surface area contributed by atoms with Crippen LogP contribution in [0.2, 0.25) is 5.02 Å². The Labute approximate surface area is 96.6 Å². The number of halogens is 1. The highest BCUT2D eigenvalue weighted by Gasteiger charge is 2.06. The number of aromatic hydroxyl groups is 1. The molecule has 5 nitrogen and oxygen atoms in total. The summed E-state index contributed by atoms with van der Waals surface area (Å²) in [5.41, 5.74) is 6.71. The van der Waals surface area contributed by atoms with E-state index in [9.17, 15) is 5.11 Å². The van der Waals surface area contributed by atoms with Crippen molar-refractivity contribution in [3.8, 4) is 5.88 Å². The third-order valence-electron chi connectivity index (χ3n) is 1.94. The van der Waals surface area contributed by atoms with E-state index in [1.54, 1.807) is 24.3 Å². The minimum atomic E-state index is -0.108. The number of nitrogens with two attached hydrogens (primary N) is 1. The predicted molar refractivity (Wildman–Crippen MR) is 62.5 cm³/mol. The number of benzene rings is 1. The first-order valence-electron chi connectivity index (χ1n) is 4.50. The standard InChI is InChI=1S/C10H9ClN4O/c11-6-2-1-3-7(4-6)14-15-9-8(12)5-13-10(9)16/h1-5,13,16H,12H2. The van der Waals surface area contributed by atoms with Crippen molar-refractivity contribution in [3.05, 3.63) is 35.5 Å². The summed E-state index contributed by atoms with van der Waals surface area (Å²) in [6.07, 6.45) is 1.45. The molecule has 0 saturated carbocycles. The van der Waals surface area contributed by atoms with Crippen molar-refractivity contribution in [2.75, 3.05) is 5.73 Å². The molecule has 0 spiro atoms. The SMILES string of the molecule is Nc1c[nH]c(O)c1N=Nc1cccc(Cl)c1. The molecular formula is C10H9ClN4O. The topological polar surface area (TPSA) is 86.8 Å². The van der Waals surface area contributed by atoms with Gasteiger partial charge in [0, 0.05) is 11.2 Å². The average molecular weight is 237 g/mol. The summed E-state index contributed by atoms with van der Waals surface area (Å²) in [6.45, 7) is 0. The van der Waals surface area contributed by atoms with E-state index in [-0.39, 0.29) is 11.6 Å². The van der Waals surface area contributed by atoms with Crippen LogP contribution in [0, 0.1) is 0 Å². The van der Waals surface area contributed by atoms with Gasteiger partial charge in [0.25, 0.3) is 0 Å². The van der Waals surface area contributed by atoms with Crippen LogP contribution in [0.3, 0.4) is 0 Å². The summed E-state index contributed by atoms with van der Waals surface area (Å²) in [4.78, 5) is 2.54. The van der Waals surface area contributed by atoms with Crippen molar-refractivity contribution >= 4 is 28.7 Å². The Morgan fingerprint density at radius 3 is 2.75 bits per heavy atom. The molecule has 0 bridgehead atoms. The molecule has 0 aliphatic rings. The number of azo groups is 1. The summed E-state index contributed by atoms with van der Waals surface area (Å²) in [6, 6.07) is 6.90. The van der Waals surface area contributed by atoms with Crippen LogP contribution in [0.5, 0.6) is 5.88 Å². The van der Waals surface area contributed by atoms with Gasteiger partial charge in [0.1, 0.15) is 0 Å². The van der Waals surface area contributed by atoms with Gasteiger partial charge in [-0.3, -0.25) is 0 Å². The zero-order valence-electron chi connectivity index (χ0n) is 8.18. The number of anilines is 1. The molecule has 2 aromatic rings. The zero-order chi connectivity index (χ0) is 11.5. The quantitative estimate of drug-likeness (QED) is 0.698. The Kier molecular flexibility index (Phi) is 2.78. The number of nitrogens with zero attached hydrogens (tertiary/aromatic N) is 2. The van der Waals surface area contributed by atoms with Gasteiger partial charge < -0.3 is 15.8 Å². The van der Waals surface area contributed by atoms with Crippen LogP contribution in [0.1, 0.15) is 0 Å². The lowest BCUT2D eigenvalue weighted by molar-refractivity contribution is 0.458. The van der Waals surface area contributed by atoms with E-state index in [1.165, 1.54) is 6.20 Å². The van der Waals surface area contributed by atoms with Gasteiger partial charge in [-0.1, -0.05) is 17.7 Å². The summed E-state index contributed by atoms with van der Waals surface area (Å²) >= 11 is 5.79. The van der Waals surface area contributed by atoms with Crippen LogP contribution in [0.25, 0.3) is 0 Å². The molecule has 0 amide bonds. The highest BCUT2D eigenvalue weighted by atomic mass is 35.5. The molecule has 1 heterocycles. The third kappa shape index (κ3) is 2.14. The van der Waals surface area contributed by atoms with Gasteiger partial charge in [-0.15, -0.1) is 5.11 Å². The minimum Gasteiger partial charge on any atom is -0.493 e. The van der Waals surface area contributed by atoms with Crippen LogP contribution < -0.4 is 5.73 Å². The second-order valence-electron chi connectivity index (χ2n) is 3.12. The third-order valence-corrected chi connectivity index (χ3v) is 2.17. The lowest BCUT2D eigenvalue weighted by Crippen LogP contribution is -1.78. The van der Waals surface area contributed by atoms with E-state index in [1.807, 2.05) is 0 Å². The molecule has 16 heavy (non-hydrogen) atoms. The van der Waals surface area contributed by atoms with E-state index in [2.05, 4.69) is 15.2 Å². The van der Waals surface area contributed by atoms with Crippen molar-refractivity contribution in [1.29, 1.82) is 0 Å². The lowest BCUT2D eigenvalue weighted by atomic mass is 10.3. The fourth-order valence-electron chi connectivity index (χ4n) is 1.17. The molecule has 82 valence electrons. The van der Waals surface area contributed by atoms with Gasteiger partial charge in [0.2, 0.25) is 5.88 Å². The first kappa shape index (κ1) is 10.5. The fraction of sp³-hybridized carbons (Fsp3) is 0. The second kappa shape index (κ2) is 4.24. The van der Waals surface area contributed by atoms with Crippen LogP contribution in [0.4, 0.5) is 17.1 Å². The molecular weight excluding hydrogens is 228 g/mol. The molecule has 0 radical (unpaired) electrons. The molecule has 2 rings (SSSR count). The maximum atomic E-state index is 9.35. The number of rotatable bonds is 2. The summed E-state index contributed by atoms with van der Waals surface area (Å²) < 4.78 is 0. The van der Waals surface area contributed by atoms with E-state index in [4.69, 9.17) is 17.3 Å². The number of nitrogens with one attached hydrogen (secondary N) is 1. The number of H-pyrrole nitrogens is 1. The van der Waals surface area contributed by atoms with E-state index in [0.717, 1.165) is 0 Å². The van der Waals surface area contributed by atoms with Gasteiger partial charge in [-0.25, -0.2) is 0 Å². The van der Waals surface area contributed by atoms with Crippen LogP contribution in [-0.2, 0) is 0 Å². The summed E-state index contributed by atoms with van der Waals surface area (Å²) in [5, 5.41) is 17.7. The number of hydrogen-bond acceptors (Lipinski definition) is 4. The molecule has 0 unspecified atom stereocenters. The largest absolute Gasteiger partial charge is 0.493 e. The summed E-state index contributed by atoms with van der Waals surface area (Å²) in [5.74, 6) is -0.108. The number of aromatic nitrogens is 1. The van der Waals surface area contributed by atoms with E-state index < -0.39 is 0 Å². The molecule has 1 aromatic carbocycles. The highest BCUT2D eigenvalue weighted by Crippen LogP contribution is 2.33. The van der Waals surface area contributed by atoms with Gasteiger partial charge in [-0.05, 0) is 18.2 Å². The second-order valence-corrected chi connectivity index (χ2v) is 3.56. The molecule has 0 atom stereocenters. The first-order valence-corrected chi connectivity index (χ1v) is 4.88. The molecule has 0 aliphatic carbocycles. The maximum Gasteiger partial charge on any atom is 0.219 e. The average Bonchev–Trinajstić information content (AvgIpc) is 2.56. The Morgan fingerprint density at radius 2 is 2.12 bits per heavy atom. The predicted octanol–water partition coefficient (Wildman–Crippen LogP) is 3.37. The van der Waals surface area contributed by atoms with Crippen LogP contribution in [0.15, 0.2) is 40.7 Å². The van der Waals surface area contributed by atoms with Crippen molar-refractivity contribution in [2.24, 2.45) is 10.2 Å². The molecule has 6 heteroatoms. The van der Waals surface area contributed by atoms with Gasteiger partial charge in [0.15, 0.2) is 5.69 Å². The van der Waals surface area contributed by atoms with Crippen molar-refractivity contribution in [1.82, 2.24) is 4.98 Å². The molecule has 0 saturated heterocycles. The number of aromatic amines is 1. The highest BCUT2D eigenvalue weighted by molar-refractivity contribution is 6.30. The van der Waals surface area contributed by atoms with Crippen molar-refractivity contribution in [3.63, 3.8) is 0 Å². The Balaban J connectivity index is 2.28. The van der Waals surface area contributed by atoms with E-state index in [0.29, 0.717) is 16.4 Å². The lowest BCUT2D eigenvalue weighted by Gasteiger charge is -1.93. The number of nitrogen functional groups attached to an aromatic ring is 1. The Morgan fingerprint density at radius 1 is 1.31 bits per heavy atom. The zero-order valence-corrected chi connectivity index (χ0v) is 8.94. The van der Waals surface area contributed by atoms with Crippen LogP contribution >= 0.6 is 11.6 Å². The normalized spacial score (nSPS) is 11.1. The summed E-state index contributed by atoms with van der Waals surface area (Å²) in [7, 11) is 0. The Hall–Kier alpha value is -2.01. The van der Waals surface area contributed by atoms with Gasteiger partial charge in [-0.2, -0.15) is 5.11 Å². The van der Waals surface area contributed by atoms with Crippen molar-refractivity contribution in [2.45, 2.75) is 0 Å². The fourth-order valence-corrected chi connectivity index (χ4v) is 1.36. The smallest absolute Gasteiger partial charge is 0.219 e. The molecule has 4 N–H and O–H groups in total. The maximum absolute atomic E-state index is 9.35. The first-order chi connectivity index (χ1) is 7.66. The molecule has 1 aromatic heterocycles. The van der Waals surface area contributed by atoms with Gasteiger partial charge in [0.05, 0.1) is 11.4 Å². The Bertz CT molecular complexity index is 516. The number of hydrogen-bond donors (Lipinski definition) is 3. The van der Waals surface area contributed by atoms with Crippen LogP contribution in [-0.4, -0.2) is 10.1 Å². The monoisotopic (exact) mass is 236 g/mol. The minimum absolute atomic E-state index is 0.108. The van der Waals surface area contributed by atoms with Gasteiger partial charge >= 0.3 is 0 Å². The molecule has 0 fully saturated rings. The van der Waals surface area contributed by atoms with Crippen molar-refractivity contribution < 1.29 is 5.11 Å². The van der Waals surface area contributed by atoms with E-state index >= 15 is 0 Å². The molecule has 0 aliphatic heterocycles.